The van der Waals surface area contributed by atoms with E-state index in [0.29, 0.717) is 23.2 Å². The van der Waals surface area contributed by atoms with Crippen molar-refractivity contribution in [3.05, 3.63) is 53.3 Å². The molecule has 1 saturated heterocycles. The van der Waals surface area contributed by atoms with Crippen molar-refractivity contribution in [3.8, 4) is 5.75 Å². The Labute approximate surface area is 172 Å². The van der Waals surface area contributed by atoms with Crippen LogP contribution in [-0.4, -0.2) is 36.1 Å². The Morgan fingerprint density at radius 3 is 2.57 bits per heavy atom. The number of carbonyl (C=O) groups excluding carboxylic acids is 1. The van der Waals surface area contributed by atoms with Crippen molar-refractivity contribution in [2.24, 2.45) is 5.92 Å². The number of aromatic nitrogens is 1. The Kier molecular flexibility index (Phi) is 6.45. The predicted octanol–water partition coefficient (Wildman–Crippen LogP) is 4.23. The molecule has 0 spiro atoms. The molecule has 2 heterocycles. The standard InChI is InChI=1S/C22H28ClN3O2/c1-16-14-19(8-11-24-16)26-12-9-17(10-13-26)15-25-21(27)22(2,3)28-20-6-4-18(23)5-7-20/h4-8,11,14,17H,9-10,12-13,15H2,1-3H3,(H,25,27). The van der Waals surface area contributed by atoms with Crippen LogP contribution in [0.15, 0.2) is 42.6 Å². The predicted molar refractivity (Wildman–Crippen MR) is 113 cm³/mol. The Bertz CT molecular complexity index is 800. The molecule has 1 aromatic heterocycles. The van der Waals surface area contributed by atoms with Crippen LogP contribution in [0.5, 0.6) is 5.75 Å². The SMILES string of the molecule is Cc1cc(N2CCC(CNC(=O)C(C)(C)Oc3ccc(Cl)cc3)CC2)ccn1. The highest BCUT2D eigenvalue weighted by atomic mass is 35.5. The molecular formula is C22H28ClN3O2. The molecule has 1 aliphatic heterocycles. The van der Waals surface area contributed by atoms with Crippen LogP contribution in [0.4, 0.5) is 5.69 Å². The maximum atomic E-state index is 12.6. The number of piperidine rings is 1. The molecule has 0 saturated carbocycles. The lowest BCUT2D eigenvalue weighted by atomic mass is 9.96. The highest BCUT2D eigenvalue weighted by Gasteiger charge is 2.30. The van der Waals surface area contributed by atoms with Gasteiger partial charge in [-0.25, -0.2) is 0 Å². The Morgan fingerprint density at radius 1 is 1.25 bits per heavy atom. The second-order valence-corrected chi connectivity index (χ2v) is 8.30. The number of hydrogen-bond donors (Lipinski definition) is 1. The molecule has 1 amide bonds. The van der Waals surface area contributed by atoms with Crippen LogP contribution in [0.25, 0.3) is 0 Å². The van der Waals surface area contributed by atoms with Crippen molar-refractivity contribution < 1.29 is 9.53 Å². The molecular weight excluding hydrogens is 374 g/mol. The van der Waals surface area contributed by atoms with E-state index in [1.165, 1.54) is 5.69 Å². The third-order valence-corrected chi connectivity index (χ3v) is 5.40. The maximum Gasteiger partial charge on any atom is 0.263 e. The van der Waals surface area contributed by atoms with Gasteiger partial charge in [0.1, 0.15) is 5.75 Å². The van der Waals surface area contributed by atoms with E-state index in [0.717, 1.165) is 31.6 Å². The van der Waals surface area contributed by atoms with Gasteiger partial charge in [0.15, 0.2) is 5.60 Å². The molecule has 5 nitrogen and oxygen atoms in total. The molecule has 1 N–H and O–H groups in total. The lowest BCUT2D eigenvalue weighted by Crippen LogP contribution is -2.48. The maximum absolute atomic E-state index is 12.6. The number of amides is 1. The number of pyridine rings is 1. The summed E-state index contributed by atoms with van der Waals surface area (Å²) < 4.78 is 5.86. The summed E-state index contributed by atoms with van der Waals surface area (Å²) in [6.45, 7) is 8.25. The zero-order valence-corrected chi connectivity index (χ0v) is 17.5. The molecule has 3 rings (SSSR count). The topological polar surface area (TPSA) is 54.5 Å². The number of nitrogens with zero attached hydrogens (tertiary/aromatic N) is 2. The summed E-state index contributed by atoms with van der Waals surface area (Å²) in [5, 5.41) is 3.71. The molecule has 1 aromatic carbocycles. The zero-order valence-electron chi connectivity index (χ0n) is 16.7. The number of anilines is 1. The molecule has 2 aromatic rings. The fourth-order valence-electron chi connectivity index (χ4n) is 3.42. The first-order valence-corrected chi connectivity index (χ1v) is 10.1. The smallest absolute Gasteiger partial charge is 0.263 e. The first kappa shape index (κ1) is 20.5. The Morgan fingerprint density at radius 2 is 1.93 bits per heavy atom. The van der Waals surface area contributed by atoms with E-state index in [4.69, 9.17) is 16.3 Å². The lowest BCUT2D eigenvalue weighted by molar-refractivity contribution is -0.134. The van der Waals surface area contributed by atoms with Gasteiger partial charge in [-0.3, -0.25) is 9.78 Å². The minimum absolute atomic E-state index is 0.102. The van der Waals surface area contributed by atoms with Crippen molar-refractivity contribution >= 4 is 23.2 Å². The number of halogens is 1. The normalized spacial score (nSPS) is 15.4. The monoisotopic (exact) mass is 401 g/mol. The number of benzene rings is 1. The average Bonchev–Trinajstić information content (AvgIpc) is 2.68. The van der Waals surface area contributed by atoms with Crippen molar-refractivity contribution in [1.82, 2.24) is 10.3 Å². The molecule has 0 unspecified atom stereocenters. The molecule has 150 valence electrons. The summed E-state index contributed by atoms with van der Waals surface area (Å²) in [5.41, 5.74) is 1.32. The van der Waals surface area contributed by atoms with E-state index in [9.17, 15) is 4.79 Å². The first-order chi connectivity index (χ1) is 13.3. The van der Waals surface area contributed by atoms with Gasteiger partial charge < -0.3 is 15.0 Å². The van der Waals surface area contributed by atoms with Gasteiger partial charge in [0, 0.05) is 42.2 Å². The summed E-state index contributed by atoms with van der Waals surface area (Å²) >= 11 is 5.90. The summed E-state index contributed by atoms with van der Waals surface area (Å²) in [6.07, 6.45) is 3.97. The lowest BCUT2D eigenvalue weighted by Gasteiger charge is -2.34. The van der Waals surface area contributed by atoms with Crippen molar-refractivity contribution in [2.45, 2.75) is 39.2 Å². The minimum Gasteiger partial charge on any atom is -0.478 e. The molecule has 1 aliphatic rings. The van der Waals surface area contributed by atoms with Crippen molar-refractivity contribution in [1.29, 1.82) is 0 Å². The summed E-state index contributed by atoms with van der Waals surface area (Å²) in [4.78, 5) is 19.3. The van der Waals surface area contributed by atoms with E-state index in [2.05, 4.69) is 27.3 Å². The third kappa shape index (κ3) is 5.38. The van der Waals surface area contributed by atoms with Crippen LogP contribution in [0, 0.1) is 12.8 Å². The molecule has 0 aliphatic carbocycles. The van der Waals surface area contributed by atoms with Crippen LogP contribution in [0.3, 0.4) is 0 Å². The van der Waals surface area contributed by atoms with Gasteiger partial charge in [0.05, 0.1) is 0 Å². The van der Waals surface area contributed by atoms with E-state index >= 15 is 0 Å². The van der Waals surface area contributed by atoms with E-state index in [1.54, 1.807) is 38.1 Å². The number of ether oxygens (including phenoxy) is 1. The molecule has 28 heavy (non-hydrogen) atoms. The fourth-order valence-corrected chi connectivity index (χ4v) is 3.54. The highest BCUT2D eigenvalue weighted by molar-refractivity contribution is 6.30. The Balaban J connectivity index is 1.46. The average molecular weight is 402 g/mol. The molecule has 0 atom stereocenters. The molecule has 6 heteroatoms. The highest BCUT2D eigenvalue weighted by Crippen LogP contribution is 2.24. The second-order valence-electron chi connectivity index (χ2n) is 7.86. The number of nitrogens with one attached hydrogen (secondary N) is 1. The largest absolute Gasteiger partial charge is 0.478 e. The van der Waals surface area contributed by atoms with Gasteiger partial charge in [-0.2, -0.15) is 0 Å². The van der Waals surface area contributed by atoms with E-state index in [-0.39, 0.29) is 5.91 Å². The van der Waals surface area contributed by atoms with Crippen LogP contribution >= 0.6 is 11.6 Å². The van der Waals surface area contributed by atoms with Gasteiger partial charge in [0.2, 0.25) is 0 Å². The van der Waals surface area contributed by atoms with Gasteiger partial charge >= 0.3 is 0 Å². The quantitative estimate of drug-likeness (QED) is 0.786. The van der Waals surface area contributed by atoms with Crippen LogP contribution in [0.1, 0.15) is 32.4 Å². The third-order valence-electron chi connectivity index (χ3n) is 5.14. The number of hydrogen-bond acceptors (Lipinski definition) is 4. The van der Waals surface area contributed by atoms with Crippen molar-refractivity contribution in [3.63, 3.8) is 0 Å². The van der Waals surface area contributed by atoms with E-state index < -0.39 is 5.60 Å². The summed E-state index contributed by atoms with van der Waals surface area (Å²) in [5.74, 6) is 1.01. The number of rotatable bonds is 6. The van der Waals surface area contributed by atoms with Crippen LogP contribution in [-0.2, 0) is 4.79 Å². The summed E-state index contributed by atoms with van der Waals surface area (Å²) in [6, 6.07) is 11.2. The number of carbonyl (C=O) groups is 1. The van der Waals surface area contributed by atoms with Crippen molar-refractivity contribution in [2.75, 3.05) is 24.5 Å². The fraction of sp³-hybridized carbons (Fsp3) is 0.455. The number of aryl methyl sites for hydroxylation is 1. The van der Waals surface area contributed by atoms with Gasteiger partial charge in [-0.1, -0.05) is 11.6 Å². The zero-order chi connectivity index (χ0) is 20.1. The van der Waals surface area contributed by atoms with Gasteiger partial charge in [0.25, 0.3) is 5.91 Å². The molecule has 1 fully saturated rings. The Hall–Kier alpha value is -2.27. The van der Waals surface area contributed by atoms with E-state index in [1.807, 2.05) is 13.1 Å². The van der Waals surface area contributed by atoms with Crippen LogP contribution < -0.4 is 15.0 Å². The van der Waals surface area contributed by atoms with Crippen LogP contribution in [0.2, 0.25) is 5.02 Å². The second kappa shape index (κ2) is 8.82. The summed E-state index contributed by atoms with van der Waals surface area (Å²) in [7, 11) is 0. The first-order valence-electron chi connectivity index (χ1n) is 9.74. The minimum atomic E-state index is -0.941. The molecule has 0 radical (unpaired) electrons. The molecule has 0 bridgehead atoms. The van der Waals surface area contributed by atoms with Gasteiger partial charge in [-0.15, -0.1) is 0 Å². The van der Waals surface area contributed by atoms with Gasteiger partial charge in [-0.05, 0) is 75.9 Å².